The van der Waals surface area contributed by atoms with Crippen molar-refractivity contribution in [2.75, 3.05) is 19.6 Å². The average molecular weight is 373 g/mol. The minimum absolute atomic E-state index is 0.179. The molecule has 0 aromatic heterocycles. The molecule has 2 bridgehead atoms. The average Bonchev–Trinajstić information content (AvgIpc) is 2.68. The van der Waals surface area contributed by atoms with Gasteiger partial charge >= 0.3 is 6.16 Å². The normalized spacial score (nSPS) is 25.0. The minimum atomic E-state index is -0.866. The van der Waals surface area contributed by atoms with E-state index in [-0.39, 0.29) is 6.10 Å². The number of carbonyl (C=O) groups is 1. The molecule has 27 heavy (non-hydrogen) atoms. The van der Waals surface area contributed by atoms with Crippen molar-refractivity contribution < 1.29 is 23.0 Å². The lowest BCUT2D eigenvalue weighted by molar-refractivity contribution is -0.0642. The maximum Gasteiger partial charge on any atom is 0.509 e. The summed E-state index contributed by atoms with van der Waals surface area (Å²) < 4.78 is 38.1. The van der Waals surface area contributed by atoms with Crippen LogP contribution in [0.15, 0.2) is 48.5 Å². The van der Waals surface area contributed by atoms with E-state index < -0.39 is 23.9 Å². The Hall–Kier alpha value is -2.47. The Kier molecular flexibility index (Phi) is 5.07. The van der Waals surface area contributed by atoms with Gasteiger partial charge in [0, 0.05) is 12.1 Å². The number of piperidine rings is 3. The Bertz CT molecular complexity index is 803. The van der Waals surface area contributed by atoms with Crippen molar-refractivity contribution in [3.05, 3.63) is 71.3 Å². The molecule has 0 spiro atoms. The largest absolute Gasteiger partial charge is 0.509 e. The summed E-state index contributed by atoms with van der Waals surface area (Å²) >= 11 is 0. The zero-order chi connectivity index (χ0) is 18.8. The maximum atomic E-state index is 13.7. The molecule has 0 saturated carbocycles. The Morgan fingerprint density at radius 2 is 1.74 bits per heavy atom. The number of hydrogen-bond donors (Lipinski definition) is 0. The quantitative estimate of drug-likeness (QED) is 0.749. The van der Waals surface area contributed by atoms with Crippen molar-refractivity contribution in [1.29, 1.82) is 0 Å². The highest BCUT2D eigenvalue weighted by Gasteiger charge is 2.37. The summed E-state index contributed by atoms with van der Waals surface area (Å²) in [5.74, 6) is -0.471. The Morgan fingerprint density at radius 1 is 1.00 bits per heavy atom. The molecule has 0 N–H and O–H groups in total. The van der Waals surface area contributed by atoms with E-state index >= 15 is 0 Å². The molecule has 0 amide bonds. The zero-order valence-corrected chi connectivity index (χ0v) is 14.8. The van der Waals surface area contributed by atoms with Gasteiger partial charge in [0.1, 0.15) is 17.7 Å². The van der Waals surface area contributed by atoms with Gasteiger partial charge in [0.25, 0.3) is 0 Å². The van der Waals surface area contributed by atoms with Crippen LogP contribution in [-0.2, 0) is 9.47 Å². The fourth-order valence-electron chi connectivity index (χ4n) is 3.93. The first-order chi connectivity index (χ1) is 13.1. The first-order valence-electron chi connectivity index (χ1n) is 9.19. The number of rotatable bonds is 4. The van der Waals surface area contributed by atoms with Crippen LogP contribution in [0.2, 0.25) is 0 Å². The highest BCUT2D eigenvalue weighted by atomic mass is 19.1. The van der Waals surface area contributed by atoms with Crippen molar-refractivity contribution in [3.8, 4) is 0 Å². The predicted molar refractivity (Wildman–Crippen MR) is 95.2 cm³/mol. The van der Waals surface area contributed by atoms with Crippen LogP contribution in [0.5, 0.6) is 0 Å². The van der Waals surface area contributed by atoms with Crippen LogP contribution < -0.4 is 0 Å². The summed E-state index contributed by atoms with van der Waals surface area (Å²) in [6.07, 6.45) is 0.204. The molecule has 0 radical (unpaired) electrons. The van der Waals surface area contributed by atoms with Gasteiger partial charge in [-0.25, -0.2) is 13.6 Å². The lowest BCUT2D eigenvalue weighted by atomic mass is 9.86. The van der Waals surface area contributed by atoms with Gasteiger partial charge in [-0.2, -0.15) is 0 Å². The van der Waals surface area contributed by atoms with E-state index in [0.717, 1.165) is 32.5 Å². The van der Waals surface area contributed by atoms with Gasteiger partial charge in [-0.3, -0.25) is 4.90 Å². The number of carbonyl (C=O) groups excluding carboxylic acids is 1. The number of ether oxygens (including phenoxy) is 2. The van der Waals surface area contributed by atoms with Gasteiger partial charge in [-0.1, -0.05) is 24.3 Å². The van der Waals surface area contributed by atoms with Crippen molar-refractivity contribution in [1.82, 2.24) is 4.90 Å². The van der Waals surface area contributed by atoms with Crippen molar-refractivity contribution in [3.63, 3.8) is 0 Å². The topological polar surface area (TPSA) is 38.8 Å². The molecule has 2 atom stereocenters. The SMILES string of the molecule is O=C(OC1CN2CCC1CC2)O[C@H](c1ccc(F)cc1)c1cccc(F)c1. The summed E-state index contributed by atoms with van der Waals surface area (Å²) in [5.41, 5.74) is 1.01. The van der Waals surface area contributed by atoms with Gasteiger partial charge in [-0.15, -0.1) is 0 Å². The second-order valence-electron chi connectivity index (χ2n) is 7.15. The van der Waals surface area contributed by atoms with Crippen LogP contribution in [-0.4, -0.2) is 36.8 Å². The first-order valence-corrected chi connectivity index (χ1v) is 9.19. The second kappa shape index (κ2) is 7.64. The zero-order valence-electron chi connectivity index (χ0n) is 14.8. The molecule has 3 heterocycles. The number of hydrogen-bond acceptors (Lipinski definition) is 4. The lowest BCUT2D eigenvalue weighted by Gasteiger charge is -2.43. The minimum Gasteiger partial charge on any atom is -0.429 e. The fourth-order valence-corrected chi connectivity index (χ4v) is 3.93. The summed E-state index contributed by atoms with van der Waals surface area (Å²) in [4.78, 5) is 14.7. The third-order valence-corrected chi connectivity index (χ3v) is 5.38. The van der Waals surface area contributed by atoms with Gasteiger partial charge in [0.15, 0.2) is 6.10 Å². The van der Waals surface area contributed by atoms with E-state index in [9.17, 15) is 13.6 Å². The fraction of sp³-hybridized carbons (Fsp3) is 0.381. The summed E-state index contributed by atoms with van der Waals surface area (Å²) in [6.45, 7) is 2.81. The van der Waals surface area contributed by atoms with E-state index in [1.54, 1.807) is 12.1 Å². The van der Waals surface area contributed by atoms with Crippen LogP contribution in [0.3, 0.4) is 0 Å². The van der Waals surface area contributed by atoms with Gasteiger partial charge < -0.3 is 9.47 Å². The van der Waals surface area contributed by atoms with Gasteiger partial charge in [0.2, 0.25) is 0 Å². The number of fused-ring (bicyclic) bond motifs is 3. The van der Waals surface area contributed by atoms with E-state index in [0.29, 0.717) is 17.0 Å². The molecule has 3 aliphatic heterocycles. The first kappa shape index (κ1) is 17.9. The van der Waals surface area contributed by atoms with Crippen molar-refractivity contribution >= 4 is 6.16 Å². The van der Waals surface area contributed by atoms with Crippen molar-refractivity contribution in [2.24, 2.45) is 5.92 Å². The molecular weight excluding hydrogens is 352 g/mol. The summed E-state index contributed by atoms with van der Waals surface area (Å²) in [6, 6.07) is 11.4. The molecule has 142 valence electrons. The molecule has 1 unspecified atom stereocenters. The highest BCUT2D eigenvalue weighted by molar-refractivity contribution is 5.61. The molecule has 5 rings (SSSR count). The number of nitrogens with zero attached hydrogens (tertiary/aromatic N) is 1. The second-order valence-corrected chi connectivity index (χ2v) is 7.15. The van der Waals surface area contributed by atoms with Gasteiger partial charge in [-0.05, 0) is 61.7 Å². The Morgan fingerprint density at radius 3 is 2.37 bits per heavy atom. The lowest BCUT2D eigenvalue weighted by Crippen LogP contribution is -2.52. The Labute approximate surface area is 156 Å². The molecule has 3 saturated heterocycles. The standard InChI is InChI=1S/C21H21F2NO3/c22-17-6-4-15(5-7-17)20(16-2-1-3-18(23)12-16)27-21(25)26-19-13-24-10-8-14(19)9-11-24/h1-7,12,14,19-20H,8-11,13H2/t19?,20-/m1/s1. The third kappa shape index (κ3) is 4.11. The summed E-state index contributed by atoms with van der Waals surface area (Å²) in [7, 11) is 0. The smallest absolute Gasteiger partial charge is 0.429 e. The van der Waals surface area contributed by atoms with Crippen LogP contribution in [0, 0.1) is 17.6 Å². The number of benzene rings is 2. The summed E-state index contributed by atoms with van der Waals surface area (Å²) in [5, 5.41) is 0. The monoisotopic (exact) mass is 373 g/mol. The highest BCUT2D eigenvalue weighted by Crippen LogP contribution is 2.31. The van der Waals surface area contributed by atoms with Crippen LogP contribution >= 0.6 is 0 Å². The number of halogens is 2. The molecule has 2 aromatic carbocycles. The molecule has 3 aliphatic rings. The predicted octanol–water partition coefficient (Wildman–Crippen LogP) is 4.30. The molecule has 3 fully saturated rings. The molecule has 4 nitrogen and oxygen atoms in total. The maximum absolute atomic E-state index is 13.7. The molecule has 6 heteroatoms. The van der Waals surface area contributed by atoms with Crippen LogP contribution in [0.1, 0.15) is 30.1 Å². The third-order valence-electron chi connectivity index (χ3n) is 5.38. The van der Waals surface area contributed by atoms with E-state index in [1.165, 1.54) is 36.4 Å². The molecule has 0 aliphatic carbocycles. The van der Waals surface area contributed by atoms with Crippen LogP contribution in [0.25, 0.3) is 0 Å². The Balaban J connectivity index is 1.52. The van der Waals surface area contributed by atoms with E-state index in [1.807, 2.05) is 0 Å². The van der Waals surface area contributed by atoms with Crippen LogP contribution in [0.4, 0.5) is 13.6 Å². The van der Waals surface area contributed by atoms with Gasteiger partial charge in [0.05, 0.1) is 0 Å². The molecular formula is C21H21F2NO3. The van der Waals surface area contributed by atoms with E-state index in [2.05, 4.69) is 4.90 Å². The molecule has 2 aromatic rings. The van der Waals surface area contributed by atoms with Crippen molar-refractivity contribution in [2.45, 2.75) is 25.0 Å². The van der Waals surface area contributed by atoms with E-state index in [4.69, 9.17) is 9.47 Å².